The second kappa shape index (κ2) is 7.73. The maximum absolute atomic E-state index is 11.8. The van der Waals surface area contributed by atoms with E-state index in [4.69, 9.17) is 8.85 Å². The van der Waals surface area contributed by atoms with Crippen molar-refractivity contribution < 1.29 is 13.6 Å². The topological polar surface area (TPSA) is 47.9 Å². The first-order valence-corrected chi connectivity index (χ1v) is 14.3. The Labute approximate surface area is 135 Å². The summed E-state index contributed by atoms with van der Waals surface area (Å²) in [4.78, 5) is 16.2. The molecular weight excluding hydrogens is 310 g/mol. The van der Waals surface area contributed by atoms with E-state index in [1.807, 2.05) is 50.0 Å². The van der Waals surface area contributed by atoms with Gasteiger partial charge in [-0.25, -0.2) is 4.99 Å². The number of rotatable bonds is 6. The van der Waals surface area contributed by atoms with Crippen LogP contribution in [0.25, 0.3) is 0 Å². The number of hydrogen-bond acceptors (Lipinski definition) is 4. The molecule has 1 rings (SSSR count). The van der Waals surface area contributed by atoms with Gasteiger partial charge >= 0.3 is 5.97 Å². The van der Waals surface area contributed by atoms with Crippen LogP contribution in [0.4, 0.5) is 0 Å². The summed E-state index contributed by atoms with van der Waals surface area (Å²) in [5.41, 5.74) is 1.12. The largest absolute Gasteiger partial charge is 0.534 e. The molecule has 4 nitrogen and oxygen atoms in total. The van der Waals surface area contributed by atoms with E-state index in [2.05, 4.69) is 24.6 Å². The third kappa shape index (κ3) is 8.79. The van der Waals surface area contributed by atoms with E-state index in [1.165, 1.54) is 0 Å². The molecule has 0 spiro atoms. The summed E-state index contributed by atoms with van der Waals surface area (Å²) < 4.78 is 11.4. The Bertz CT molecular complexity index is 516. The van der Waals surface area contributed by atoms with Crippen molar-refractivity contribution in [1.29, 1.82) is 0 Å². The number of carbonyl (C=O) groups excluding carboxylic acids is 1. The number of benzene rings is 1. The quantitative estimate of drug-likeness (QED) is 0.450. The van der Waals surface area contributed by atoms with Crippen molar-refractivity contribution in [2.45, 2.75) is 45.7 Å². The summed E-state index contributed by atoms with van der Waals surface area (Å²) in [5.74, 6) is 0.349. The highest BCUT2D eigenvalue weighted by molar-refractivity contribution is 6.71. The van der Waals surface area contributed by atoms with Gasteiger partial charge in [0.2, 0.25) is 16.6 Å². The summed E-state index contributed by atoms with van der Waals surface area (Å²) in [7, 11) is -3.63. The molecule has 0 atom stereocenters. The predicted molar refractivity (Wildman–Crippen MR) is 96.3 cm³/mol. The lowest BCUT2D eigenvalue weighted by molar-refractivity contribution is -0.133. The molecule has 0 N–H and O–H groups in total. The molecule has 1 aromatic rings. The molecule has 6 heteroatoms. The number of carbonyl (C=O) groups is 1. The third-order valence-corrected chi connectivity index (χ3v) is 4.11. The first-order valence-electron chi connectivity index (χ1n) is 7.53. The summed E-state index contributed by atoms with van der Waals surface area (Å²) >= 11 is 0. The molecule has 0 unspecified atom stereocenters. The standard InChI is InChI=1S/C16H27NO3Si2/c1-21(2,3)19-15(12-14-10-8-7-9-11-14)17-13-16(18)20-22(4,5)6/h7-11H,12-13H2,1-6H3. The molecule has 1 aromatic carbocycles. The number of nitrogens with zero attached hydrogens (tertiary/aromatic N) is 1. The third-order valence-electron chi connectivity index (χ3n) is 2.43. The molecule has 0 heterocycles. The monoisotopic (exact) mass is 337 g/mol. The number of hydrogen-bond donors (Lipinski definition) is 0. The summed E-state index contributed by atoms with van der Waals surface area (Å²) in [6.07, 6.45) is 0.603. The van der Waals surface area contributed by atoms with Crippen LogP contribution in [0.3, 0.4) is 0 Å². The Morgan fingerprint density at radius 3 is 2.00 bits per heavy atom. The maximum Gasteiger partial charge on any atom is 0.314 e. The SMILES string of the molecule is C[Si](C)(C)OC(=O)CN=C(Cc1ccccc1)O[Si](C)(C)C. The zero-order valence-electron chi connectivity index (χ0n) is 14.5. The Hall–Kier alpha value is -1.41. The first-order chi connectivity index (χ1) is 10.1. The number of aliphatic imine (C=N–C) groups is 1. The van der Waals surface area contributed by atoms with E-state index < -0.39 is 16.6 Å². The summed E-state index contributed by atoms with van der Waals surface area (Å²) in [6.45, 7) is 12.3. The summed E-state index contributed by atoms with van der Waals surface area (Å²) in [6, 6.07) is 10.0. The van der Waals surface area contributed by atoms with Crippen LogP contribution in [0.2, 0.25) is 39.3 Å². The fourth-order valence-corrected chi connectivity index (χ4v) is 3.37. The van der Waals surface area contributed by atoms with Gasteiger partial charge in [0, 0.05) is 6.42 Å². The molecule has 0 fully saturated rings. The highest BCUT2D eigenvalue weighted by atomic mass is 28.4. The van der Waals surface area contributed by atoms with E-state index in [1.54, 1.807) is 0 Å². The van der Waals surface area contributed by atoms with Crippen LogP contribution in [0.15, 0.2) is 35.3 Å². The zero-order chi connectivity index (χ0) is 16.8. The van der Waals surface area contributed by atoms with Gasteiger partial charge in [-0.2, -0.15) is 0 Å². The van der Waals surface area contributed by atoms with Gasteiger partial charge in [0.1, 0.15) is 6.54 Å². The molecule has 0 bridgehead atoms. The minimum absolute atomic E-state index is 0.0247. The van der Waals surface area contributed by atoms with Crippen LogP contribution in [0.5, 0.6) is 0 Å². The van der Waals surface area contributed by atoms with Crippen molar-refractivity contribution in [2.24, 2.45) is 4.99 Å². The lowest BCUT2D eigenvalue weighted by Gasteiger charge is -2.21. The molecule has 0 amide bonds. The highest BCUT2D eigenvalue weighted by Gasteiger charge is 2.21. The maximum atomic E-state index is 11.8. The lowest BCUT2D eigenvalue weighted by Crippen LogP contribution is -2.32. The van der Waals surface area contributed by atoms with E-state index in [-0.39, 0.29) is 12.5 Å². The van der Waals surface area contributed by atoms with Gasteiger partial charge in [-0.1, -0.05) is 30.3 Å². The minimum atomic E-state index is -1.86. The van der Waals surface area contributed by atoms with E-state index >= 15 is 0 Å². The van der Waals surface area contributed by atoms with E-state index in [0.717, 1.165) is 5.56 Å². The first kappa shape index (κ1) is 18.6. The van der Waals surface area contributed by atoms with Crippen molar-refractivity contribution in [3.05, 3.63) is 35.9 Å². The lowest BCUT2D eigenvalue weighted by atomic mass is 10.1. The average Bonchev–Trinajstić information content (AvgIpc) is 2.33. The molecule has 0 saturated heterocycles. The predicted octanol–water partition coefficient (Wildman–Crippen LogP) is 3.86. The molecule has 122 valence electrons. The highest BCUT2D eigenvalue weighted by Crippen LogP contribution is 2.09. The molecule has 0 saturated carbocycles. The molecule has 22 heavy (non-hydrogen) atoms. The summed E-state index contributed by atoms with van der Waals surface area (Å²) in [5, 5.41) is 0. The van der Waals surface area contributed by atoms with E-state index in [9.17, 15) is 4.79 Å². The van der Waals surface area contributed by atoms with Crippen LogP contribution in [0.1, 0.15) is 5.56 Å². The van der Waals surface area contributed by atoms with Gasteiger partial charge < -0.3 is 8.85 Å². The van der Waals surface area contributed by atoms with Crippen molar-refractivity contribution >= 4 is 28.5 Å². The van der Waals surface area contributed by atoms with Crippen molar-refractivity contribution in [3.8, 4) is 0 Å². The van der Waals surface area contributed by atoms with E-state index in [0.29, 0.717) is 12.3 Å². The van der Waals surface area contributed by atoms with Gasteiger partial charge in [-0.15, -0.1) is 0 Å². The Morgan fingerprint density at radius 1 is 0.955 bits per heavy atom. The Morgan fingerprint density at radius 2 is 1.50 bits per heavy atom. The fourth-order valence-electron chi connectivity index (χ4n) is 1.77. The minimum Gasteiger partial charge on any atom is -0.534 e. The van der Waals surface area contributed by atoms with Crippen LogP contribution >= 0.6 is 0 Å². The molecule has 0 radical (unpaired) electrons. The Balaban J connectivity index is 2.77. The van der Waals surface area contributed by atoms with Crippen LogP contribution in [-0.4, -0.2) is 35.0 Å². The van der Waals surface area contributed by atoms with Gasteiger partial charge in [0.05, 0.1) is 0 Å². The normalized spacial score (nSPS) is 12.9. The van der Waals surface area contributed by atoms with Crippen LogP contribution in [-0.2, 0) is 20.1 Å². The van der Waals surface area contributed by atoms with Gasteiger partial charge in [-0.05, 0) is 44.8 Å². The molecule has 0 aromatic heterocycles. The Kier molecular flexibility index (Phi) is 6.55. The van der Waals surface area contributed by atoms with Crippen molar-refractivity contribution in [1.82, 2.24) is 0 Å². The molecule has 0 aliphatic carbocycles. The van der Waals surface area contributed by atoms with Gasteiger partial charge in [0.15, 0.2) is 5.90 Å². The van der Waals surface area contributed by atoms with Gasteiger partial charge in [0.25, 0.3) is 0 Å². The molecule has 0 aliphatic rings. The molecular formula is C16H27NO3Si2. The van der Waals surface area contributed by atoms with Crippen molar-refractivity contribution in [2.75, 3.05) is 6.54 Å². The fraction of sp³-hybridized carbons (Fsp3) is 0.500. The van der Waals surface area contributed by atoms with Crippen LogP contribution < -0.4 is 0 Å². The zero-order valence-corrected chi connectivity index (χ0v) is 16.5. The van der Waals surface area contributed by atoms with Crippen molar-refractivity contribution in [3.63, 3.8) is 0 Å². The van der Waals surface area contributed by atoms with Crippen LogP contribution in [0, 0.1) is 0 Å². The van der Waals surface area contributed by atoms with Gasteiger partial charge in [-0.3, -0.25) is 4.79 Å². The second-order valence-corrected chi connectivity index (χ2v) is 16.0. The smallest absolute Gasteiger partial charge is 0.314 e. The second-order valence-electron chi connectivity index (χ2n) is 7.17. The molecule has 0 aliphatic heterocycles. The average molecular weight is 338 g/mol.